The summed E-state index contributed by atoms with van der Waals surface area (Å²) in [6.45, 7) is 1.66. The molecule has 1 aliphatic heterocycles. The van der Waals surface area contributed by atoms with Gasteiger partial charge in [0.1, 0.15) is 6.33 Å². The average Bonchev–Trinajstić information content (AvgIpc) is 3.19. The minimum atomic E-state index is -0.126. The Morgan fingerprint density at radius 2 is 2.16 bits per heavy atom. The number of hydrogen-bond donors (Lipinski definition) is 0. The number of benzene rings is 1. The van der Waals surface area contributed by atoms with E-state index in [1.807, 2.05) is 30.5 Å². The SMILES string of the molecule is CSc1ccccc1C(=O)C1CCCN(C(=O)CCn2cnnn2)C1. The van der Waals surface area contributed by atoms with Crippen molar-refractivity contribution in [2.45, 2.75) is 30.7 Å². The second-order valence-electron chi connectivity index (χ2n) is 6.07. The third-order valence-corrected chi connectivity index (χ3v) is 5.26. The van der Waals surface area contributed by atoms with Gasteiger partial charge in [-0.2, -0.15) is 0 Å². The quantitative estimate of drug-likeness (QED) is 0.579. The molecule has 1 saturated heterocycles. The molecular weight excluding hydrogens is 338 g/mol. The van der Waals surface area contributed by atoms with Gasteiger partial charge < -0.3 is 4.90 Å². The van der Waals surface area contributed by atoms with Crippen LogP contribution in [0.1, 0.15) is 29.6 Å². The molecule has 1 aromatic heterocycles. The van der Waals surface area contributed by atoms with Crippen molar-refractivity contribution < 1.29 is 9.59 Å². The van der Waals surface area contributed by atoms with Crippen molar-refractivity contribution in [3.05, 3.63) is 36.2 Å². The molecule has 1 aliphatic rings. The topological polar surface area (TPSA) is 81.0 Å². The van der Waals surface area contributed by atoms with E-state index in [-0.39, 0.29) is 17.6 Å². The summed E-state index contributed by atoms with van der Waals surface area (Å²) in [6, 6.07) is 7.69. The van der Waals surface area contributed by atoms with Crippen LogP contribution in [0.3, 0.4) is 0 Å². The first-order chi connectivity index (χ1) is 12.2. The lowest BCUT2D eigenvalue weighted by Gasteiger charge is -2.32. The van der Waals surface area contributed by atoms with E-state index in [4.69, 9.17) is 0 Å². The van der Waals surface area contributed by atoms with Gasteiger partial charge in [0.25, 0.3) is 0 Å². The summed E-state index contributed by atoms with van der Waals surface area (Å²) in [4.78, 5) is 28.2. The second kappa shape index (κ2) is 8.24. The number of likely N-dealkylation sites (tertiary alicyclic amines) is 1. The van der Waals surface area contributed by atoms with Crippen molar-refractivity contribution in [2.24, 2.45) is 5.92 Å². The molecule has 0 bridgehead atoms. The maximum Gasteiger partial charge on any atom is 0.224 e. The van der Waals surface area contributed by atoms with E-state index < -0.39 is 0 Å². The molecule has 0 aliphatic carbocycles. The van der Waals surface area contributed by atoms with E-state index in [9.17, 15) is 9.59 Å². The van der Waals surface area contributed by atoms with Crippen LogP contribution < -0.4 is 0 Å². The summed E-state index contributed by atoms with van der Waals surface area (Å²) in [5.74, 6) is 0.0631. The van der Waals surface area contributed by atoms with Crippen LogP contribution in [0.25, 0.3) is 0 Å². The fraction of sp³-hybridized carbons (Fsp3) is 0.471. The van der Waals surface area contributed by atoms with Gasteiger partial charge in [0, 0.05) is 35.9 Å². The molecule has 0 N–H and O–H groups in total. The number of nitrogens with zero attached hydrogens (tertiary/aromatic N) is 5. The Hall–Kier alpha value is -2.22. The van der Waals surface area contributed by atoms with Crippen LogP contribution in [-0.4, -0.2) is 56.1 Å². The molecule has 25 heavy (non-hydrogen) atoms. The van der Waals surface area contributed by atoms with E-state index in [1.165, 1.54) is 6.33 Å². The molecule has 132 valence electrons. The number of amides is 1. The molecule has 7 nitrogen and oxygen atoms in total. The molecule has 3 rings (SSSR count). The van der Waals surface area contributed by atoms with Gasteiger partial charge in [-0.15, -0.1) is 16.9 Å². The van der Waals surface area contributed by atoms with Gasteiger partial charge in [-0.1, -0.05) is 18.2 Å². The number of Topliss-reactive ketones (excluding diaryl/α,β-unsaturated/α-hetero) is 1. The smallest absolute Gasteiger partial charge is 0.224 e. The van der Waals surface area contributed by atoms with Gasteiger partial charge in [-0.25, -0.2) is 4.68 Å². The van der Waals surface area contributed by atoms with Crippen molar-refractivity contribution in [1.29, 1.82) is 0 Å². The highest BCUT2D eigenvalue weighted by molar-refractivity contribution is 7.98. The van der Waals surface area contributed by atoms with Crippen LogP contribution in [0.2, 0.25) is 0 Å². The Morgan fingerprint density at radius 1 is 1.32 bits per heavy atom. The molecule has 0 spiro atoms. The van der Waals surface area contributed by atoms with Gasteiger partial charge in [-0.3, -0.25) is 9.59 Å². The van der Waals surface area contributed by atoms with Gasteiger partial charge in [0.15, 0.2) is 5.78 Å². The normalized spacial score (nSPS) is 17.5. The molecule has 0 saturated carbocycles. The second-order valence-corrected chi connectivity index (χ2v) is 6.91. The summed E-state index contributed by atoms with van der Waals surface area (Å²) in [6.07, 6.45) is 5.50. The standard InChI is InChI=1S/C17H21N5O2S/c1-25-15-7-3-2-6-14(15)17(24)13-5-4-9-21(11-13)16(23)8-10-22-12-18-19-20-22/h2-3,6-7,12-13H,4-5,8-11H2,1H3. The van der Waals surface area contributed by atoms with Crippen molar-refractivity contribution in [1.82, 2.24) is 25.1 Å². The van der Waals surface area contributed by atoms with Gasteiger partial charge >= 0.3 is 0 Å². The third kappa shape index (κ3) is 4.25. The van der Waals surface area contributed by atoms with Crippen LogP contribution >= 0.6 is 11.8 Å². The third-order valence-electron chi connectivity index (χ3n) is 4.46. The van der Waals surface area contributed by atoms with Crippen LogP contribution in [0.5, 0.6) is 0 Å². The Balaban J connectivity index is 1.62. The predicted octanol–water partition coefficient (Wildman–Crippen LogP) is 1.91. The van der Waals surface area contributed by atoms with E-state index in [1.54, 1.807) is 21.3 Å². The number of piperidine rings is 1. The van der Waals surface area contributed by atoms with Gasteiger partial charge in [-0.05, 0) is 35.6 Å². The van der Waals surface area contributed by atoms with Crippen molar-refractivity contribution in [2.75, 3.05) is 19.3 Å². The van der Waals surface area contributed by atoms with E-state index in [2.05, 4.69) is 15.5 Å². The molecule has 2 aromatic rings. The zero-order chi connectivity index (χ0) is 17.6. The van der Waals surface area contributed by atoms with Crippen molar-refractivity contribution in [3.63, 3.8) is 0 Å². The number of aryl methyl sites for hydroxylation is 1. The lowest BCUT2D eigenvalue weighted by atomic mass is 9.90. The predicted molar refractivity (Wildman–Crippen MR) is 94.3 cm³/mol. The van der Waals surface area contributed by atoms with Crippen LogP contribution in [0.4, 0.5) is 0 Å². The Kier molecular flexibility index (Phi) is 5.80. The zero-order valence-electron chi connectivity index (χ0n) is 14.2. The average molecular weight is 359 g/mol. The molecule has 1 fully saturated rings. The summed E-state index contributed by atoms with van der Waals surface area (Å²) in [5.41, 5.74) is 0.767. The minimum absolute atomic E-state index is 0.0474. The lowest BCUT2D eigenvalue weighted by molar-refractivity contribution is -0.132. The largest absolute Gasteiger partial charge is 0.342 e. The summed E-state index contributed by atoms with van der Waals surface area (Å²) >= 11 is 1.58. The first-order valence-electron chi connectivity index (χ1n) is 8.35. The molecular formula is C17H21N5O2S. The Labute approximate surface area is 150 Å². The monoisotopic (exact) mass is 359 g/mol. The number of thioether (sulfide) groups is 1. The molecule has 8 heteroatoms. The fourth-order valence-corrected chi connectivity index (χ4v) is 3.74. The first kappa shape index (κ1) is 17.6. The van der Waals surface area contributed by atoms with E-state index in [0.29, 0.717) is 26.1 Å². The number of tetrazole rings is 1. The van der Waals surface area contributed by atoms with Crippen LogP contribution in [-0.2, 0) is 11.3 Å². The molecule has 2 heterocycles. The van der Waals surface area contributed by atoms with Crippen molar-refractivity contribution >= 4 is 23.5 Å². The highest BCUT2D eigenvalue weighted by Gasteiger charge is 2.29. The lowest BCUT2D eigenvalue weighted by Crippen LogP contribution is -2.42. The van der Waals surface area contributed by atoms with Crippen LogP contribution in [0, 0.1) is 5.92 Å². The van der Waals surface area contributed by atoms with Crippen molar-refractivity contribution in [3.8, 4) is 0 Å². The Bertz CT molecular complexity index is 734. The number of aromatic nitrogens is 4. The minimum Gasteiger partial charge on any atom is -0.342 e. The van der Waals surface area contributed by atoms with Gasteiger partial charge in [0.2, 0.25) is 5.91 Å². The molecule has 1 unspecified atom stereocenters. The Morgan fingerprint density at radius 3 is 2.92 bits per heavy atom. The summed E-state index contributed by atoms with van der Waals surface area (Å²) < 4.78 is 1.54. The molecule has 0 radical (unpaired) electrons. The molecule has 1 amide bonds. The highest BCUT2D eigenvalue weighted by Crippen LogP contribution is 2.27. The number of ketones is 1. The maximum atomic E-state index is 12.9. The first-order valence-corrected chi connectivity index (χ1v) is 9.57. The molecule has 1 aromatic carbocycles. The summed E-state index contributed by atoms with van der Waals surface area (Å²) in [5, 5.41) is 10.9. The van der Waals surface area contributed by atoms with E-state index >= 15 is 0 Å². The fourth-order valence-electron chi connectivity index (χ4n) is 3.14. The summed E-state index contributed by atoms with van der Waals surface area (Å²) in [7, 11) is 0. The highest BCUT2D eigenvalue weighted by atomic mass is 32.2. The van der Waals surface area contributed by atoms with Crippen LogP contribution in [0.15, 0.2) is 35.5 Å². The number of rotatable bonds is 6. The molecule has 1 atom stereocenters. The number of carbonyl (C=O) groups is 2. The van der Waals surface area contributed by atoms with E-state index in [0.717, 1.165) is 23.3 Å². The number of hydrogen-bond acceptors (Lipinski definition) is 6. The van der Waals surface area contributed by atoms with Gasteiger partial charge in [0.05, 0.1) is 6.54 Å². The maximum absolute atomic E-state index is 12.9. The number of carbonyl (C=O) groups excluding carboxylic acids is 2. The zero-order valence-corrected chi connectivity index (χ0v) is 15.0.